The minimum Gasteiger partial charge on any atom is -0.257 e. The first-order valence-electron chi connectivity index (χ1n) is 1.76. The summed E-state index contributed by atoms with van der Waals surface area (Å²) in [6, 6.07) is -3.01. The van der Waals surface area contributed by atoms with Crippen molar-refractivity contribution in [3.63, 3.8) is 0 Å². The zero-order valence-electron chi connectivity index (χ0n) is 3.88. The molecule has 6 heteroatoms. The van der Waals surface area contributed by atoms with Gasteiger partial charge >= 0.3 is 12.2 Å². The Hall–Kier alpha value is -0.680. The number of hydrogen-bond acceptors (Lipinski definition) is 1. The van der Waals surface area contributed by atoms with Crippen LogP contribution in [0.25, 0.3) is 0 Å². The van der Waals surface area contributed by atoms with Gasteiger partial charge in [0.15, 0.2) is 0 Å². The normalized spacial score (nSPS) is 15.2. The molecule has 0 radical (unpaired) electrons. The number of rotatable bonds is 1. The van der Waals surface area contributed by atoms with E-state index in [0.29, 0.717) is 0 Å². The highest BCUT2D eigenvalue weighted by Crippen LogP contribution is 2.23. The zero-order valence-corrected chi connectivity index (χ0v) is 3.88. The third-order valence-electron chi connectivity index (χ3n) is 0.487. The monoisotopic (exact) mass is 148 g/mol. The minimum atomic E-state index is -5.41. The topological polar surface area (TPSA) is 17.1 Å². The fourth-order valence-electron chi connectivity index (χ4n) is 0.129. The lowest BCUT2D eigenvalue weighted by Gasteiger charge is -2.04. The number of carbonyl (C=O) groups is 1. The van der Waals surface area contributed by atoms with E-state index in [9.17, 15) is 22.0 Å². The maximum atomic E-state index is 11.2. The molecule has 1 atom stereocenters. The molecule has 0 bridgehead atoms. The maximum Gasteiger partial charge on any atom is 0.429 e. The average molecular weight is 148 g/mol. The van der Waals surface area contributed by atoms with Crippen LogP contribution in [0.4, 0.5) is 22.0 Å². The first-order chi connectivity index (χ1) is 3.85. The Balaban J connectivity index is 4.04. The number of halogens is 5. The Labute approximate surface area is 46.5 Å². The van der Waals surface area contributed by atoms with Crippen molar-refractivity contribution in [3.05, 3.63) is 0 Å². The van der Waals surface area contributed by atoms with Crippen LogP contribution < -0.4 is 0 Å². The predicted octanol–water partition coefficient (Wildman–Crippen LogP) is 1.38. The second-order valence-corrected chi connectivity index (χ2v) is 1.21. The smallest absolute Gasteiger partial charge is 0.257 e. The molecule has 0 saturated heterocycles. The summed E-state index contributed by atoms with van der Waals surface area (Å²) in [4.78, 5) is 9.03. The minimum absolute atomic E-state index is 3.01. The number of hydrogen-bond donors (Lipinski definition) is 0. The van der Waals surface area contributed by atoms with Gasteiger partial charge < -0.3 is 0 Å². The Morgan fingerprint density at radius 3 is 1.67 bits per heavy atom. The van der Waals surface area contributed by atoms with Crippen LogP contribution in [0, 0.1) is 0 Å². The molecule has 9 heavy (non-hydrogen) atoms. The molecule has 0 aliphatic carbocycles. The van der Waals surface area contributed by atoms with E-state index in [0.717, 1.165) is 0 Å². The summed E-state index contributed by atoms with van der Waals surface area (Å²) in [5.41, 5.74) is 0. The summed E-state index contributed by atoms with van der Waals surface area (Å²) < 4.78 is 54.6. The highest BCUT2D eigenvalue weighted by Gasteiger charge is 2.45. The molecule has 0 spiro atoms. The van der Waals surface area contributed by atoms with Crippen molar-refractivity contribution < 1.29 is 26.7 Å². The van der Waals surface area contributed by atoms with Crippen LogP contribution in [0.2, 0.25) is 0 Å². The largest absolute Gasteiger partial charge is 0.429 e. The molecule has 0 saturated carbocycles. The molecular weight excluding hydrogens is 147 g/mol. The number of alkyl halides is 4. The average Bonchev–Trinajstić information content (AvgIpc) is 1.62. The summed E-state index contributed by atoms with van der Waals surface area (Å²) in [5.74, 6) is 0. The highest BCUT2D eigenvalue weighted by molar-refractivity contribution is 5.73. The van der Waals surface area contributed by atoms with Crippen LogP contribution in [0.1, 0.15) is 0 Å². The SMILES string of the molecule is O=C(F)C(F)C(F)(F)F. The molecule has 0 aromatic heterocycles. The molecule has 1 unspecified atom stereocenters. The van der Waals surface area contributed by atoms with Crippen LogP contribution in [-0.4, -0.2) is 18.4 Å². The van der Waals surface area contributed by atoms with Crippen molar-refractivity contribution >= 4 is 6.04 Å². The van der Waals surface area contributed by atoms with Crippen molar-refractivity contribution in [2.75, 3.05) is 0 Å². The van der Waals surface area contributed by atoms with E-state index in [4.69, 9.17) is 4.79 Å². The lowest BCUT2D eigenvalue weighted by molar-refractivity contribution is -0.192. The van der Waals surface area contributed by atoms with Gasteiger partial charge in [0.1, 0.15) is 0 Å². The molecule has 0 aliphatic heterocycles. The van der Waals surface area contributed by atoms with Crippen molar-refractivity contribution in [3.8, 4) is 0 Å². The maximum absolute atomic E-state index is 11.2. The van der Waals surface area contributed by atoms with E-state index in [1.165, 1.54) is 0 Å². The molecular formula is C3HF5O. The van der Waals surface area contributed by atoms with Gasteiger partial charge in [-0.25, -0.2) is 4.39 Å². The third kappa shape index (κ3) is 2.39. The van der Waals surface area contributed by atoms with Crippen LogP contribution in [-0.2, 0) is 4.79 Å². The molecule has 1 nitrogen and oxygen atoms in total. The summed E-state index contributed by atoms with van der Waals surface area (Å²) in [5, 5.41) is 0. The third-order valence-corrected chi connectivity index (χ3v) is 0.487. The van der Waals surface area contributed by atoms with E-state index in [1.807, 2.05) is 0 Å². The first kappa shape index (κ1) is 8.32. The lowest BCUT2D eigenvalue weighted by atomic mass is 10.4. The molecule has 0 aromatic carbocycles. The molecule has 0 aliphatic rings. The second kappa shape index (κ2) is 2.28. The van der Waals surface area contributed by atoms with E-state index >= 15 is 0 Å². The van der Waals surface area contributed by atoms with Crippen LogP contribution in [0.5, 0.6) is 0 Å². The Bertz CT molecular complexity index is 116. The van der Waals surface area contributed by atoms with Gasteiger partial charge in [0.05, 0.1) is 0 Å². The summed E-state index contributed by atoms with van der Waals surface area (Å²) in [7, 11) is 0. The van der Waals surface area contributed by atoms with Gasteiger partial charge in [0.2, 0.25) is 0 Å². The Kier molecular flexibility index (Phi) is 2.11. The van der Waals surface area contributed by atoms with E-state index < -0.39 is 18.4 Å². The molecule has 0 aromatic rings. The molecule has 0 rings (SSSR count). The molecule has 0 N–H and O–H groups in total. The molecule has 0 amide bonds. The first-order valence-corrected chi connectivity index (χ1v) is 1.76. The van der Waals surface area contributed by atoms with Gasteiger partial charge in [-0.05, 0) is 0 Å². The van der Waals surface area contributed by atoms with E-state index in [1.54, 1.807) is 0 Å². The second-order valence-electron chi connectivity index (χ2n) is 1.21. The lowest BCUT2D eigenvalue weighted by Crippen LogP contribution is -2.29. The molecule has 0 heterocycles. The van der Waals surface area contributed by atoms with Crippen molar-refractivity contribution in [1.82, 2.24) is 0 Å². The summed E-state index contributed by atoms with van der Waals surface area (Å²) in [6.07, 6.45) is -9.40. The van der Waals surface area contributed by atoms with Crippen molar-refractivity contribution in [2.45, 2.75) is 12.3 Å². The Morgan fingerprint density at radius 1 is 1.33 bits per heavy atom. The van der Waals surface area contributed by atoms with Crippen molar-refractivity contribution in [1.29, 1.82) is 0 Å². The quantitative estimate of drug-likeness (QED) is 0.405. The van der Waals surface area contributed by atoms with Crippen LogP contribution in [0.15, 0.2) is 0 Å². The molecule has 54 valence electrons. The van der Waals surface area contributed by atoms with Crippen molar-refractivity contribution in [2.24, 2.45) is 0 Å². The van der Waals surface area contributed by atoms with Gasteiger partial charge in [-0.15, -0.1) is 0 Å². The van der Waals surface area contributed by atoms with Crippen LogP contribution in [0.3, 0.4) is 0 Å². The fourth-order valence-corrected chi connectivity index (χ4v) is 0.129. The van der Waals surface area contributed by atoms with E-state index in [-0.39, 0.29) is 0 Å². The van der Waals surface area contributed by atoms with Crippen LogP contribution >= 0.6 is 0 Å². The number of carbonyl (C=O) groups excluding carboxylic acids is 1. The van der Waals surface area contributed by atoms with E-state index in [2.05, 4.69) is 0 Å². The molecule has 0 fully saturated rings. The Morgan fingerprint density at radius 2 is 1.67 bits per heavy atom. The summed E-state index contributed by atoms with van der Waals surface area (Å²) in [6.45, 7) is 0. The summed E-state index contributed by atoms with van der Waals surface area (Å²) >= 11 is 0. The van der Waals surface area contributed by atoms with Gasteiger partial charge in [-0.2, -0.15) is 17.6 Å². The zero-order chi connectivity index (χ0) is 7.65. The van der Waals surface area contributed by atoms with Gasteiger partial charge in [-0.1, -0.05) is 0 Å². The predicted molar refractivity (Wildman–Crippen MR) is 17.1 cm³/mol. The highest BCUT2D eigenvalue weighted by atomic mass is 19.4. The standard InChI is InChI=1S/C3HF5O/c4-1(2(5)9)3(6,7)8/h1H. The van der Waals surface area contributed by atoms with Gasteiger partial charge in [0, 0.05) is 0 Å². The van der Waals surface area contributed by atoms with Gasteiger partial charge in [0.25, 0.3) is 6.17 Å². The fraction of sp³-hybridized carbons (Fsp3) is 0.667. The van der Waals surface area contributed by atoms with Gasteiger partial charge in [-0.3, -0.25) is 4.79 Å².